The first kappa shape index (κ1) is 12.5. The molecule has 0 fully saturated rings. The molecule has 0 aliphatic heterocycles. The first-order chi connectivity index (χ1) is 8.69. The monoisotopic (exact) mass is 257 g/mol. The summed E-state index contributed by atoms with van der Waals surface area (Å²) in [6, 6.07) is 11.6. The molecule has 2 rings (SSSR count). The second-order valence-electron chi connectivity index (χ2n) is 3.98. The number of aryl methyl sites for hydroxylation is 2. The number of halogens is 1. The zero-order chi connectivity index (χ0) is 13.0. The van der Waals surface area contributed by atoms with E-state index in [9.17, 15) is 0 Å². The van der Waals surface area contributed by atoms with Crippen LogP contribution in [-0.4, -0.2) is 9.97 Å². The van der Waals surface area contributed by atoms with Gasteiger partial charge in [0.05, 0.1) is 11.8 Å². The van der Waals surface area contributed by atoms with Gasteiger partial charge in [-0.05, 0) is 25.1 Å². The van der Waals surface area contributed by atoms with Crippen LogP contribution in [0.2, 0.25) is 5.02 Å². The maximum Gasteiger partial charge on any atom is 0.130 e. The first-order valence-corrected chi connectivity index (χ1v) is 6.04. The number of hydrogen-bond acceptors (Lipinski definition) is 3. The molecule has 3 nitrogen and oxygen atoms in total. The van der Waals surface area contributed by atoms with Crippen LogP contribution in [-0.2, 0) is 6.42 Å². The lowest BCUT2D eigenvalue weighted by molar-refractivity contribution is 0.873. The van der Waals surface area contributed by atoms with E-state index in [4.69, 9.17) is 16.9 Å². The second kappa shape index (κ2) is 5.61. The van der Waals surface area contributed by atoms with E-state index in [2.05, 4.69) is 16.0 Å². The van der Waals surface area contributed by atoms with E-state index in [1.54, 1.807) is 0 Å². The van der Waals surface area contributed by atoms with Gasteiger partial charge in [0.25, 0.3) is 0 Å². The second-order valence-corrected chi connectivity index (χ2v) is 4.41. The van der Waals surface area contributed by atoms with E-state index in [1.807, 2.05) is 37.3 Å². The fourth-order valence-electron chi connectivity index (χ4n) is 1.68. The van der Waals surface area contributed by atoms with Crippen molar-refractivity contribution in [3.8, 4) is 17.3 Å². The van der Waals surface area contributed by atoms with Crippen molar-refractivity contribution in [1.29, 1.82) is 5.26 Å². The van der Waals surface area contributed by atoms with Crippen molar-refractivity contribution in [2.75, 3.05) is 0 Å². The SMILES string of the molecule is Cc1cc(-c2ccc(Cl)cc2)nc(CCC#N)n1. The molecular weight excluding hydrogens is 246 g/mol. The lowest BCUT2D eigenvalue weighted by Gasteiger charge is -2.05. The van der Waals surface area contributed by atoms with Gasteiger partial charge >= 0.3 is 0 Å². The molecule has 0 radical (unpaired) electrons. The maximum atomic E-state index is 8.59. The number of nitriles is 1. The molecule has 18 heavy (non-hydrogen) atoms. The van der Waals surface area contributed by atoms with Crippen molar-refractivity contribution < 1.29 is 0 Å². The number of benzene rings is 1. The van der Waals surface area contributed by atoms with Gasteiger partial charge in [-0.3, -0.25) is 0 Å². The van der Waals surface area contributed by atoms with Crippen molar-refractivity contribution in [2.45, 2.75) is 19.8 Å². The summed E-state index contributed by atoms with van der Waals surface area (Å²) in [7, 11) is 0. The van der Waals surface area contributed by atoms with E-state index in [1.165, 1.54) is 0 Å². The molecule has 2 aromatic rings. The summed E-state index contributed by atoms with van der Waals surface area (Å²) in [5, 5.41) is 9.30. The van der Waals surface area contributed by atoms with Crippen molar-refractivity contribution >= 4 is 11.6 Å². The third kappa shape index (κ3) is 3.06. The Kier molecular flexibility index (Phi) is 3.91. The Balaban J connectivity index is 2.36. The molecule has 0 N–H and O–H groups in total. The number of hydrogen-bond donors (Lipinski definition) is 0. The third-order valence-corrected chi connectivity index (χ3v) is 2.75. The van der Waals surface area contributed by atoms with Crippen LogP contribution in [0, 0.1) is 18.3 Å². The molecule has 0 aliphatic carbocycles. The van der Waals surface area contributed by atoms with Crippen LogP contribution in [0.15, 0.2) is 30.3 Å². The summed E-state index contributed by atoms with van der Waals surface area (Å²) in [6.07, 6.45) is 1.02. The topological polar surface area (TPSA) is 49.6 Å². The van der Waals surface area contributed by atoms with Crippen molar-refractivity contribution in [3.63, 3.8) is 0 Å². The van der Waals surface area contributed by atoms with Gasteiger partial charge in [-0.1, -0.05) is 23.7 Å². The summed E-state index contributed by atoms with van der Waals surface area (Å²) < 4.78 is 0. The Bertz CT molecular complexity index is 585. The molecule has 0 unspecified atom stereocenters. The van der Waals surface area contributed by atoms with Crippen molar-refractivity contribution in [1.82, 2.24) is 9.97 Å². The minimum absolute atomic E-state index is 0.434. The molecule has 1 aromatic heterocycles. The number of aromatic nitrogens is 2. The van der Waals surface area contributed by atoms with E-state index < -0.39 is 0 Å². The Hall–Kier alpha value is -1.92. The summed E-state index contributed by atoms with van der Waals surface area (Å²) in [6.45, 7) is 1.93. The lowest BCUT2D eigenvalue weighted by atomic mass is 10.1. The Morgan fingerprint density at radius 2 is 1.94 bits per heavy atom. The van der Waals surface area contributed by atoms with Crippen LogP contribution < -0.4 is 0 Å². The average molecular weight is 258 g/mol. The lowest BCUT2D eigenvalue weighted by Crippen LogP contribution is -1.98. The predicted octanol–water partition coefficient (Wildman–Crippen LogP) is 3.56. The Labute approximate surface area is 111 Å². The van der Waals surface area contributed by atoms with E-state index in [0.717, 1.165) is 17.0 Å². The number of nitrogens with zero attached hydrogens (tertiary/aromatic N) is 3. The highest BCUT2D eigenvalue weighted by Gasteiger charge is 2.04. The minimum atomic E-state index is 0.434. The van der Waals surface area contributed by atoms with E-state index in [-0.39, 0.29) is 0 Å². The van der Waals surface area contributed by atoms with Crippen LogP contribution in [0.3, 0.4) is 0 Å². The zero-order valence-corrected chi connectivity index (χ0v) is 10.8. The molecule has 0 saturated heterocycles. The quantitative estimate of drug-likeness (QED) is 0.845. The van der Waals surface area contributed by atoms with Gasteiger partial charge in [0.1, 0.15) is 5.82 Å². The van der Waals surface area contributed by atoms with Gasteiger partial charge in [0.2, 0.25) is 0 Å². The minimum Gasteiger partial charge on any atom is -0.238 e. The molecule has 0 saturated carbocycles. The summed E-state index contributed by atoms with van der Waals surface area (Å²) in [5.74, 6) is 0.710. The average Bonchev–Trinajstić information content (AvgIpc) is 2.36. The molecule has 0 bridgehead atoms. The van der Waals surface area contributed by atoms with Crippen molar-refractivity contribution in [2.24, 2.45) is 0 Å². The normalized spacial score (nSPS) is 10.1. The molecule has 1 aromatic carbocycles. The highest BCUT2D eigenvalue weighted by atomic mass is 35.5. The third-order valence-electron chi connectivity index (χ3n) is 2.50. The molecule has 0 aliphatic rings. The highest BCUT2D eigenvalue weighted by Crippen LogP contribution is 2.20. The fraction of sp³-hybridized carbons (Fsp3) is 0.214. The van der Waals surface area contributed by atoms with Crippen LogP contribution >= 0.6 is 11.6 Å². The van der Waals surface area contributed by atoms with Crippen LogP contribution in [0.5, 0.6) is 0 Å². The first-order valence-electron chi connectivity index (χ1n) is 5.66. The molecular formula is C14H12ClN3. The van der Waals surface area contributed by atoms with Gasteiger partial charge in [0.15, 0.2) is 0 Å². The summed E-state index contributed by atoms with van der Waals surface area (Å²) in [4.78, 5) is 8.79. The smallest absolute Gasteiger partial charge is 0.130 e. The fourth-order valence-corrected chi connectivity index (χ4v) is 1.80. The zero-order valence-electron chi connectivity index (χ0n) is 10.0. The van der Waals surface area contributed by atoms with Crippen molar-refractivity contribution in [3.05, 3.63) is 46.9 Å². The molecule has 4 heteroatoms. The van der Waals surface area contributed by atoms with Gasteiger partial charge in [-0.15, -0.1) is 0 Å². The maximum absolute atomic E-state index is 8.59. The number of rotatable bonds is 3. The Morgan fingerprint density at radius 1 is 1.22 bits per heavy atom. The van der Waals surface area contributed by atoms with Gasteiger partial charge in [-0.2, -0.15) is 5.26 Å². The molecule has 1 heterocycles. The predicted molar refractivity (Wildman–Crippen MR) is 71.1 cm³/mol. The molecule has 0 amide bonds. The van der Waals surface area contributed by atoms with Gasteiger partial charge in [-0.25, -0.2) is 9.97 Å². The van der Waals surface area contributed by atoms with Crippen LogP contribution in [0.4, 0.5) is 0 Å². The summed E-state index contributed by atoms with van der Waals surface area (Å²) in [5.41, 5.74) is 2.78. The molecule has 0 atom stereocenters. The standard InChI is InChI=1S/C14H12ClN3/c1-10-9-13(11-4-6-12(15)7-5-11)18-14(17-10)3-2-8-16/h4-7,9H,2-3H2,1H3. The summed E-state index contributed by atoms with van der Waals surface area (Å²) >= 11 is 5.86. The highest BCUT2D eigenvalue weighted by molar-refractivity contribution is 6.30. The van der Waals surface area contributed by atoms with E-state index in [0.29, 0.717) is 23.7 Å². The van der Waals surface area contributed by atoms with Gasteiger partial charge in [0, 0.05) is 29.1 Å². The van der Waals surface area contributed by atoms with Crippen LogP contribution in [0.1, 0.15) is 17.9 Å². The molecule has 0 spiro atoms. The van der Waals surface area contributed by atoms with E-state index >= 15 is 0 Å². The van der Waals surface area contributed by atoms with Gasteiger partial charge < -0.3 is 0 Å². The Morgan fingerprint density at radius 3 is 2.61 bits per heavy atom. The molecule has 90 valence electrons. The van der Waals surface area contributed by atoms with Crippen LogP contribution in [0.25, 0.3) is 11.3 Å². The largest absolute Gasteiger partial charge is 0.238 e.